The summed E-state index contributed by atoms with van der Waals surface area (Å²) in [6.07, 6.45) is 10.3. The molecule has 0 spiro atoms. The molecule has 12 nitrogen and oxygen atoms in total. The fourth-order valence-corrected chi connectivity index (χ4v) is 6.18. The molecule has 3 aliphatic rings. The predicted octanol–water partition coefficient (Wildman–Crippen LogP) is 3.02. The molecule has 2 fully saturated rings. The summed E-state index contributed by atoms with van der Waals surface area (Å²) >= 11 is 0. The van der Waals surface area contributed by atoms with Crippen LogP contribution in [-0.2, 0) is 0 Å². The van der Waals surface area contributed by atoms with Gasteiger partial charge in [-0.1, -0.05) is 0 Å². The number of amides is 1. The molecular weight excluding hydrogens is 515 g/mol. The molecule has 1 amide bonds. The summed E-state index contributed by atoms with van der Waals surface area (Å²) in [5.74, 6) is 0.598. The summed E-state index contributed by atoms with van der Waals surface area (Å²) in [4.78, 5) is 29.3. The van der Waals surface area contributed by atoms with E-state index in [9.17, 15) is 9.18 Å². The number of H-pyrrole nitrogens is 1. The number of methoxy groups -OCH3 is 1. The number of aromatic amines is 1. The Morgan fingerprint density at radius 3 is 2.70 bits per heavy atom. The number of aliphatic imine (C=N–C) groups is 1. The first-order valence-electron chi connectivity index (χ1n) is 13.2. The van der Waals surface area contributed by atoms with Gasteiger partial charge in [-0.05, 0) is 50.0 Å². The summed E-state index contributed by atoms with van der Waals surface area (Å²) < 4.78 is 20.9. The highest BCUT2D eigenvalue weighted by Crippen LogP contribution is 2.43. The van der Waals surface area contributed by atoms with Crippen LogP contribution in [0.2, 0.25) is 0 Å². The number of nitrogens with one attached hydrogen (secondary N) is 1. The number of anilines is 2. The molecule has 3 N–H and O–H groups in total. The number of aromatic nitrogens is 6. The zero-order valence-electron chi connectivity index (χ0n) is 21.7. The average Bonchev–Trinajstić information content (AvgIpc) is 3.71. The van der Waals surface area contributed by atoms with Gasteiger partial charge in [0.05, 0.1) is 25.3 Å². The third-order valence-corrected chi connectivity index (χ3v) is 8.08. The van der Waals surface area contributed by atoms with E-state index in [4.69, 9.17) is 15.5 Å². The number of nitrogens with two attached hydrogens (primary N) is 1. The van der Waals surface area contributed by atoms with Crippen molar-refractivity contribution in [2.75, 3.05) is 24.3 Å². The number of rotatable bonds is 5. The van der Waals surface area contributed by atoms with Crippen molar-refractivity contribution in [2.45, 2.75) is 43.7 Å². The first kappa shape index (κ1) is 24.2. The van der Waals surface area contributed by atoms with E-state index < -0.39 is 5.82 Å². The highest BCUT2D eigenvalue weighted by Gasteiger charge is 2.45. The quantitative estimate of drug-likeness (QED) is 0.392. The van der Waals surface area contributed by atoms with Crippen LogP contribution in [0.15, 0.2) is 47.9 Å². The number of fused-ring (bicyclic) bond motifs is 3. The van der Waals surface area contributed by atoms with Gasteiger partial charge in [0.15, 0.2) is 17.2 Å². The molecule has 3 aromatic heterocycles. The second kappa shape index (κ2) is 9.43. The van der Waals surface area contributed by atoms with Gasteiger partial charge in [-0.3, -0.25) is 4.79 Å². The molecule has 3 aliphatic heterocycles. The van der Waals surface area contributed by atoms with Gasteiger partial charge in [0, 0.05) is 41.9 Å². The number of benzene rings is 1. The summed E-state index contributed by atoms with van der Waals surface area (Å²) in [6, 6.07) is 6.91. The Bertz CT molecular complexity index is 1650. The highest BCUT2D eigenvalue weighted by molar-refractivity contribution is 5.92. The van der Waals surface area contributed by atoms with E-state index in [1.165, 1.54) is 19.5 Å². The van der Waals surface area contributed by atoms with Gasteiger partial charge < -0.3 is 25.3 Å². The van der Waals surface area contributed by atoms with E-state index in [2.05, 4.69) is 25.3 Å². The maximum Gasteiger partial charge on any atom is 0.292 e. The van der Waals surface area contributed by atoms with Crippen molar-refractivity contribution in [3.05, 3.63) is 65.8 Å². The largest absolute Gasteiger partial charge is 0.494 e. The van der Waals surface area contributed by atoms with E-state index in [1.54, 1.807) is 29.2 Å². The molecule has 2 saturated heterocycles. The minimum Gasteiger partial charge on any atom is -0.494 e. The van der Waals surface area contributed by atoms with Gasteiger partial charge in [0.25, 0.3) is 5.91 Å². The molecule has 0 aliphatic carbocycles. The molecule has 3 atom stereocenters. The Balaban J connectivity index is 1.13. The van der Waals surface area contributed by atoms with Crippen molar-refractivity contribution in [1.82, 2.24) is 34.7 Å². The number of piperidine rings is 1. The fraction of sp³-hybridized carbons (Fsp3) is 0.333. The maximum atomic E-state index is 14.2. The van der Waals surface area contributed by atoms with Gasteiger partial charge in [0.1, 0.15) is 17.8 Å². The summed E-state index contributed by atoms with van der Waals surface area (Å²) in [6.45, 7) is 0.506. The number of nitrogens with zero attached hydrogens (tertiary/aromatic N) is 8. The highest BCUT2D eigenvalue weighted by atomic mass is 19.1. The van der Waals surface area contributed by atoms with E-state index in [0.29, 0.717) is 29.3 Å². The van der Waals surface area contributed by atoms with Crippen LogP contribution in [0.5, 0.6) is 5.75 Å². The minimum atomic E-state index is -0.435. The second-order valence-electron chi connectivity index (χ2n) is 10.3. The van der Waals surface area contributed by atoms with E-state index in [1.807, 2.05) is 21.9 Å². The van der Waals surface area contributed by atoms with E-state index in [-0.39, 0.29) is 35.5 Å². The average molecular weight is 543 g/mol. The fourth-order valence-electron chi connectivity index (χ4n) is 6.18. The van der Waals surface area contributed by atoms with Crippen LogP contribution in [-0.4, -0.2) is 72.7 Å². The number of hydrogen-bond acceptors (Lipinski definition) is 9. The standard InChI is InChI=1S/C27H27FN10O2/c1-40-23-5-2-15(10-19(23)28)20-6-7-36(14-31-20)22-12-33-38-24(29)11-21(34-26(22)38)16-8-17-3-4-18(9-16)37(17)27(39)25-30-13-32-35-25/h2,5-6,10-14,16-18H,3-4,7-9,29H2,1H3,(H,30,32,35)/t16-,17+,18-. The molecular formula is C27H27FN10O2. The first-order valence-corrected chi connectivity index (χ1v) is 13.2. The van der Waals surface area contributed by atoms with Gasteiger partial charge in [-0.25, -0.2) is 14.4 Å². The van der Waals surface area contributed by atoms with Crippen LogP contribution in [0.1, 0.15) is 53.5 Å². The van der Waals surface area contributed by atoms with Gasteiger partial charge in [0.2, 0.25) is 5.82 Å². The number of carbonyl (C=O) groups is 1. The summed E-state index contributed by atoms with van der Waals surface area (Å²) in [7, 11) is 1.44. The normalized spacial score (nSPS) is 22.1. The molecule has 0 radical (unpaired) electrons. The van der Waals surface area contributed by atoms with Crippen LogP contribution >= 0.6 is 0 Å². The van der Waals surface area contributed by atoms with Crippen molar-refractivity contribution in [3.8, 4) is 5.75 Å². The third-order valence-electron chi connectivity index (χ3n) is 8.08. The molecule has 4 aromatic rings. The molecule has 0 unspecified atom stereocenters. The van der Waals surface area contributed by atoms with Crippen LogP contribution in [0.3, 0.4) is 0 Å². The van der Waals surface area contributed by atoms with Crippen molar-refractivity contribution in [1.29, 1.82) is 0 Å². The second-order valence-corrected chi connectivity index (χ2v) is 10.3. The Labute approximate surface area is 228 Å². The number of halogens is 1. The molecule has 204 valence electrons. The minimum absolute atomic E-state index is 0.0985. The van der Waals surface area contributed by atoms with Gasteiger partial charge in [-0.15, -0.1) is 10.2 Å². The lowest BCUT2D eigenvalue weighted by Crippen LogP contribution is -2.46. The summed E-state index contributed by atoms with van der Waals surface area (Å²) in [5, 5.41) is 12.1. The van der Waals surface area contributed by atoms with E-state index in [0.717, 1.165) is 37.1 Å². The number of hydrogen-bond donors (Lipinski definition) is 2. The van der Waals surface area contributed by atoms with Crippen molar-refractivity contribution in [3.63, 3.8) is 0 Å². The predicted molar refractivity (Wildman–Crippen MR) is 146 cm³/mol. The van der Waals surface area contributed by atoms with Crippen LogP contribution in [0.25, 0.3) is 11.3 Å². The molecule has 1 aromatic carbocycles. The first-order chi connectivity index (χ1) is 19.5. The Morgan fingerprint density at radius 1 is 1.20 bits per heavy atom. The van der Waals surface area contributed by atoms with E-state index >= 15 is 0 Å². The SMILES string of the molecule is COc1ccc(C2=CCN(c3cnn4c(N)cc([C@H]5C[C@H]6CC[C@@H](C5)N6C(=O)c5nnc[nH]5)nc34)C=N2)cc1F. The number of ether oxygens (including phenoxy) is 1. The molecule has 2 bridgehead atoms. The lowest BCUT2D eigenvalue weighted by Gasteiger charge is -2.38. The topological polar surface area (TPSA) is 143 Å². The zero-order valence-corrected chi connectivity index (χ0v) is 21.7. The van der Waals surface area contributed by atoms with Crippen LogP contribution in [0.4, 0.5) is 15.9 Å². The number of carbonyl (C=O) groups excluding carboxylic acids is 1. The molecule has 40 heavy (non-hydrogen) atoms. The van der Waals surface area contributed by atoms with Gasteiger partial charge >= 0.3 is 0 Å². The summed E-state index contributed by atoms with van der Waals surface area (Å²) in [5.41, 5.74) is 10.1. The lowest BCUT2D eigenvalue weighted by molar-refractivity contribution is 0.0557. The molecule has 0 saturated carbocycles. The maximum absolute atomic E-state index is 14.2. The van der Waals surface area contributed by atoms with Crippen molar-refractivity contribution in [2.24, 2.45) is 4.99 Å². The molecule has 13 heteroatoms. The monoisotopic (exact) mass is 542 g/mol. The zero-order chi connectivity index (χ0) is 27.4. The molecule has 7 rings (SSSR count). The Hall–Kier alpha value is -4.81. The Kier molecular flexibility index (Phi) is 5.72. The van der Waals surface area contributed by atoms with Crippen LogP contribution in [0, 0.1) is 5.82 Å². The molecule has 6 heterocycles. The lowest BCUT2D eigenvalue weighted by atomic mass is 9.87. The third kappa shape index (κ3) is 3.96. The number of nitrogen functional groups attached to an aromatic ring is 1. The van der Waals surface area contributed by atoms with Gasteiger partial charge in [-0.2, -0.15) is 9.61 Å². The van der Waals surface area contributed by atoms with Crippen LogP contribution < -0.4 is 15.4 Å². The smallest absolute Gasteiger partial charge is 0.292 e. The van der Waals surface area contributed by atoms with Crippen molar-refractivity contribution < 1.29 is 13.9 Å². The Morgan fingerprint density at radius 2 is 2.02 bits per heavy atom. The van der Waals surface area contributed by atoms with Crippen molar-refractivity contribution >= 4 is 35.1 Å².